The van der Waals surface area contributed by atoms with E-state index in [1.54, 1.807) is 6.08 Å². The van der Waals surface area contributed by atoms with Crippen molar-refractivity contribution >= 4 is 18.0 Å². The highest BCUT2D eigenvalue weighted by Gasteiger charge is 2.21. The minimum atomic E-state index is -0.651. The number of amides is 1. The molecule has 0 aliphatic rings. The number of esters is 1. The average molecular weight is 369 g/mol. The first-order valence-corrected chi connectivity index (χ1v) is 9.01. The molecule has 2 aromatic rings. The van der Waals surface area contributed by atoms with Crippen LogP contribution in [0.3, 0.4) is 0 Å². The fourth-order valence-electron chi connectivity index (χ4n) is 2.92. The van der Waals surface area contributed by atoms with Crippen molar-refractivity contribution in [3.05, 3.63) is 53.4 Å². The Balaban J connectivity index is 2.16. The van der Waals surface area contributed by atoms with Crippen LogP contribution in [0.25, 0.3) is 11.8 Å². The summed E-state index contributed by atoms with van der Waals surface area (Å²) in [5, 5.41) is 7.28. The number of nitrogens with one attached hydrogen (secondary N) is 1. The molecule has 27 heavy (non-hydrogen) atoms. The Bertz CT molecular complexity index is 823. The summed E-state index contributed by atoms with van der Waals surface area (Å²) >= 11 is 0. The summed E-state index contributed by atoms with van der Waals surface area (Å²) in [5.41, 5.74) is 3.61. The number of aromatic nitrogens is 2. The summed E-state index contributed by atoms with van der Waals surface area (Å²) in [6, 6.07) is 9.17. The lowest BCUT2D eigenvalue weighted by molar-refractivity contribution is -0.145. The number of carbonyl (C=O) groups is 2. The molecule has 2 rings (SSSR count). The van der Waals surface area contributed by atoms with Crippen LogP contribution in [0.1, 0.15) is 37.2 Å². The van der Waals surface area contributed by atoms with Crippen molar-refractivity contribution in [3.63, 3.8) is 0 Å². The lowest BCUT2D eigenvalue weighted by Crippen LogP contribution is -2.41. The third kappa shape index (κ3) is 5.29. The van der Waals surface area contributed by atoms with Crippen LogP contribution < -0.4 is 5.32 Å². The predicted molar refractivity (Wildman–Crippen MR) is 105 cm³/mol. The van der Waals surface area contributed by atoms with Gasteiger partial charge in [0.05, 0.1) is 18.5 Å². The van der Waals surface area contributed by atoms with Gasteiger partial charge in [-0.1, -0.05) is 32.0 Å². The van der Waals surface area contributed by atoms with Crippen LogP contribution in [0.4, 0.5) is 0 Å². The molecule has 1 amide bonds. The Morgan fingerprint density at radius 2 is 1.89 bits per heavy atom. The van der Waals surface area contributed by atoms with Gasteiger partial charge in [0, 0.05) is 17.3 Å². The van der Waals surface area contributed by atoms with Gasteiger partial charge in [-0.3, -0.25) is 4.79 Å². The lowest BCUT2D eigenvalue weighted by atomic mass is 10.0. The largest absolute Gasteiger partial charge is 0.467 e. The summed E-state index contributed by atoms with van der Waals surface area (Å²) in [6.45, 7) is 7.84. The van der Waals surface area contributed by atoms with E-state index in [9.17, 15) is 9.59 Å². The molecule has 6 nitrogen and oxygen atoms in total. The number of benzene rings is 1. The number of carbonyl (C=O) groups excluding carboxylic acids is 2. The van der Waals surface area contributed by atoms with Gasteiger partial charge < -0.3 is 10.1 Å². The molecule has 0 radical (unpaired) electrons. The molecule has 144 valence electrons. The van der Waals surface area contributed by atoms with Gasteiger partial charge in [-0.25, -0.2) is 9.48 Å². The Morgan fingerprint density at radius 1 is 1.22 bits per heavy atom. The maximum absolute atomic E-state index is 12.3. The Morgan fingerprint density at radius 3 is 2.48 bits per heavy atom. The van der Waals surface area contributed by atoms with Crippen LogP contribution in [0.5, 0.6) is 0 Å². The van der Waals surface area contributed by atoms with Gasteiger partial charge in [-0.05, 0) is 44.4 Å². The monoisotopic (exact) mass is 369 g/mol. The van der Waals surface area contributed by atoms with Crippen LogP contribution in [0.2, 0.25) is 0 Å². The molecule has 1 N–H and O–H groups in total. The second-order valence-electron chi connectivity index (χ2n) is 6.88. The number of hydrogen-bond acceptors (Lipinski definition) is 4. The van der Waals surface area contributed by atoms with E-state index in [1.165, 1.54) is 13.2 Å². The smallest absolute Gasteiger partial charge is 0.328 e. The summed E-state index contributed by atoms with van der Waals surface area (Å²) in [7, 11) is 1.32. The molecule has 0 fully saturated rings. The first-order chi connectivity index (χ1) is 12.8. The SMILES string of the molecule is COC(=O)C(CC(C)C)NC(=O)/C=C/c1c(C)nn(-c2ccccc2)c1C. The quantitative estimate of drug-likeness (QED) is 0.601. The lowest BCUT2D eigenvalue weighted by Gasteiger charge is -2.17. The number of methoxy groups -OCH3 is 1. The van der Waals surface area contributed by atoms with Crippen LogP contribution in [-0.4, -0.2) is 34.8 Å². The Labute approximate surface area is 160 Å². The van der Waals surface area contributed by atoms with Crippen molar-refractivity contribution in [2.45, 2.75) is 40.2 Å². The van der Waals surface area contributed by atoms with Gasteiger partial charge in [0.1, 0.15) is 6.04 Å². The fourth-order valence-corrected chi connectivity index (χ4v) is 2.92. The van der Waals surface area contributed by atoms with Gasteiger partial charge in [0.15, 0.2) is 0 Å². The Hall–Kier alpha value is -2.89. The van der Waals surface area contributed by atoms with Crippen LogP contribution in [0, 0.1) is 19.8 Å². The second-order valence-corrected chi connectivity index (χ2v) is 6.88. The molecule has 0 spiro atoms. The first-order valence-electron chi connectivity index (χ1n) is 9.01. The summed E-state index contributed by atoms with van der Waals surface area (Å²) in [4.78, 5) is 24.1. The van der Waals surface area contributed by atoms with E-state index in [0.29, 0.717) is 6.42 Å². The molecule has 0 aliphatic carbocycles. The van der Waals surface area contributed by atoms with E-state index in [0.717, 1.165) is 22.6 Å². The van der Waals surface area contributed by atoms with Gasteiger partial charge in [0.25, 0.3) is 0 Å². The minimum absolute atomic E-state index is 0.256. The molecule has 1 aromatic carbocycles. The summed E-state index contributed by atoms with van der Waals surface area (Å²) in [6.07, 6.45) is 3.69. The van der Waals surface area contributed by atoms with E-state index in [2.05, 4.69) is 10.4 Å². The van der Waals surface area contributed by atoms with E-state index >= 15 is 0 Å². The van der Waals surface area contributed by atoms with Crippen molar-refractivity contribution in [2.24, 2.45) is 5.92 Å². The standard InChI is InChI=1S/C21H27N3O3/c1-14(2)13-19(21(26)27-5)22-20(25)12-11-18-15(3)23-24(16(18)4)17-9-7-6-8-10-17/h6-12,14,19H,13H2,1-5H3,(H,22,25)/b12-11+. The van der Waals surface area contributed by atoms with Crippen molar-refractivity contribution in [3.8, 4) is 5.69 Å². The Kier molecular flexibility index (Phi) is 6.93. The molecule has 0 saturated heterocycles. The maximum Gasteiger partial charge on any atom is 0.328 e. The van der Waals surface area contributed by atoms with E-state index in [4.69, 9.17) is 4.74 Å². The second kappa shape index (κ2) is 9.16. The highest BCUT2D eigenvalue weighted by atomic mass is 16.5. The zero-order chi connectivity index (χ0) is 20.0. The molecular weight excluding hydrogens is 342 g/mol. The average Bonchev–Trinajstić information content (AvgIpc) is 2.93. The van der Waals surface area contributed by atoms with Gasteiger partial charge in [-0.15, -0.1) is 0 Å². The van der Waals surface area contributed by atoms with Crippen molar-refractivity contribution < 1.29 is 14.3 Å². The third-order valence-corrected chi connectivity index (χ3v) is 4.26. The minimum Gasteiger partial charge on any atom is -0.467 e. The van der Waals surface area contributed by atoms with Gasteiger partial charge >= 0.3 is 5.97 Å². The molecule has 1 aromatic heterocycles. The fraction of sp³-hybridized carbons (Fsp3) is 0.381. The predicted octanol–water partition coefficient (Wildman–Crippen LogP) is 3.21. The van der Waals surface area contributed by atoms with E-state index < -0.39 is 12.0 Å². The van der Waals surface area contributed by atoms with Crippen LogP contribution >= 0.6 is 0 Å². The highest BCUT2D eigenvalue weighted by Crippen LogP contribution is 2.19. The number of rotatable bonds is 7. The molecule has 6 heteroatoms. The molecular formula is C21H27N3O3. The molecule has 0 saturated carbocycles. The zero-order valence-electron chi connectivity index (χ0n) is 16.5. The number of nitrogens with zero attached hydrogens (tertiary/aromatic N) is 2. The van der Waals surface area contributed by atoms with E-state index in [1.807, 2.05) is 62.7 Å². The zero-order valence-corrected chi connectivity index (χ0v) is 16.5. The molecule has 0 aliphatic heterocycles. The van der Waals surface area contributed by atoms with Gasteiger partial charge in [0.2, 0.25) is 5.91 Å². The summed E-state index contributed by atoms with van der Waals surface area (Å²) < 4.78 is 6.63. The molecule has 1 heterocycles. The molecule has 1 unspecified atom stereocenters. The van der Waals surface area contributed by atoms with Crippen molar-refractivity contribution in [1.29, 1.82) is 0 Å². The van der Waals surface area contributed by atoms with Gasteiger partial charge in [-0.2, -0.15) is 5.10 Å². The number of para-hydroxylation sites is 1. The van der Waals surface area contributed by atoms with Crippen LogP contribution in [0.15, 0.2) is 36.4 Å². The topological polar surface area (TPSA) is 73.2 Å². The molecule has 0 bridgehead atoms. The maximum atomic E-state index is 12.3. The number of aryl methyl sites for hydroxylation is 1. The summed E-state index contributed by atoms with van der Waals surface area (Å²) in [5.74, 6) is -0.515. The molecule has 1 atom stereocenters. The normalized spacial score (nSPS) is 12.4. The van der Waals surface area contributed by atoms with Crippen LogP contribution in [-0.2, 0) is 14.3 Å². The van der Waals surface area contributed by atoms with Crippen molar-refractivity contribution in [2.75, 3.05) is 7.11 Å². The first kappa shape index (κ1) is 20.4. The third-order valence-electron chi connectivity index (χ3n) is 4.26. The number of hydrogen-bond donors (Lipinski definition) is 1. The highest BCUT2D eigenvalue weighted by molar-refractivity contribution is 5.94. The van der Waals surface area contributed by atoms with Crippen molar-refractivity contribution in [1.82, 2.24) is 15.1 Å². The number of ether oxygens (including phenoxy) is 1. The van der Waals surface area contributed by atoms with E-state index in [-0.39, 0.29) is 11.8 Å².